The monoisotopic (exact) mass is 326 g/mol. The first-order chi connectivity index (χ1) is 7.88. The van der Waals surface area contributed by atoms with E-state index in [0.717, 1.165) is 24.6 Å². The molecule has 0 amide bonds. The Kier molecular flexibility index (Phi) is 5.89. The van der Waals surface area contributed by atoms with Crippen LogP contribution in [-0.4, -0.2) is 36.7 Å². The molecule has 1 rings (SSSR count). The zero-order valence-electron chi connectivity index (χ0n) is 10.8. The normalized spacial score (nSPS) is 26.7. The predicted molar refractivity (Wildman–Crippen MR) is 74.5 cm³/mol. The Labute approximate surface area is 113 Å². The van der Waals surface area contributed by atoms with Crippen molar-refractivity contribution >= 4 is 26.1 Å². The summed E-state index contributed by atoms with van der Waals surface area (Å²) in [6.07, 6.45) is 3.05. The molecule has 0 aromatic carbocycles. The van der Waals surface area contributed by atoms with E-state index in [4.69, 9.17) is 0 Å². The fourth-order valence-corrected chi connectivity index (χ4v) is 4.33. The van der Waals surface area contributed by atoms with Crippen molar-refractivity contribution < 1.29 is 8.42 Å². The van der Waals surface area contributed by atoms with Gasteiger partial charge in [0.15, 0.2) is 0 Å². The Bertz CT molecular complexity index is 334. The summed E-state index contributed by atoms with van der Waals surface area (Å²) < 4.78 is 28.8. The van der Waals surface area contributed by atoms with Crippen LogP contribution in [0.3, 0.4) is 0 Å². The van der Waals surface area contributed by atoms with Gasteiger partial charge in [0.05, 0.1) is 0 Å². The van der Waals surface area contributed by atoms with Gasteiger partial charge in [-0.05, 0) is 32.6 Å². The largest absolute Gasteiger partial charge is 0.279 e. The molecule has 1 heterocycles. The second kappa shape index (κ2) is 6.50. The zero-order chi connectivity index (χ0) is 13.1. The van der Waals surface area contributed by atoms with Gasteiger partial charge in [-0.3, -0.25) is 0 Å². The predicted octanol–water partition coefficient (Wildman–Crippen LogP) is 2.11. The molecule has 0 spiro atoms. The van der Waals surface area contributed by atoms with Crippen LogP contribution in [0, 0.1) is 5.92 Å². The average molecular weight is 327 g/mol. The molecule has 3 atom stereocenters. The molecule has 1 aliphatic heterocycles. The molecule has 0 aromatic rings. The summed E-state index contributed by atoms with van der Waals surface area (Å²) in [5, 5.41) is 0.798. The first-order valence-corrected chi connectivity index (χ1v) is 8.79. The summed E-state index contributed by atoms with van der Waals surface area (Å²) in [6.45, 7) is 6.57. The standard InChI is InChI=1S/C11H23BrN2O2S/c1-9(8-12)11(3)13-17(15,16)14-7-5-4-6-10(14)2/h9-11,13H,4-8H2,1-3H3. The highest BCUT2D eigenvalue weighted by molar-refractivity contribution is 9.09. The Balaban J connectivity index is 2.67. The van der Waals surface area contributed by atoms with Crippen molar-refractivity contribution in [2.45, 2.75) is 52.1 Å². The third kappa shape index (κ3) is 4.19. The molecular weight excluding hydrogens is 304 g/mol. The van der Waals surface area contributed by atoms with Crippen LogP contribution >= 0.6 is 15.9 Å². The van der Waals surface area contributed by atoms with Gasteiger partial charge in [-0.15, -0.1) is 0 Å². The molecule has 3 unspecified atom stereocenters. The van der Waals surface area contributed by atoms with Gasteiger partial charge >= 0.3 is 0 Å². The van der Waals surface area contributed by atoms with Gasteiger partial charge in [0.1, 0.15) is 0 Å². The van der Waals surface area contributed by atoms with E-state index in [9.17, 15) is 8.42 Å². The summed E-state index contributed by atoms with van der Waals surface area (Å²) in [4.78, 5) is 0. The highest BCUT2D eigenvalue weighted by atomic mass is 79.9. The Hall–Kier alpha value is 0.350. The van der Waals surface area contributed by atoms with Gasteiger partial charge in [0.2, 0.25) is 0 Å². The smallest absolute Gasteiger partial charge is 0.199 e. The van der Waals surface area contributed by atoms with Crippen molar-refractivity contribution in [3.8, 4) is 0 Å². The zero-order valence-corrected chi connectivity index (χ0v) is 13.2. The second-order valence-electron chi connectivity index (χ2n) is 5.00. The minimum absolute atomic E-state index is 0.0477. The van der Waals surface area contributed by atoms with Gasteiger partial charge in [0, 0.05) is 24.0 Å². The fourth-order valence-electron chi connectivity index (χ4n) is 1.98. The fraction of sp³-hybridized carbons (Fsp3) is 1.00. The maximum atomic E-state index is 12.2. The number of halogens is 1. The first kappa shape index (κ1) is 15.4. The third-order valence-corrected chi connectivity index (χ3v) is 6.33. The number of nitrogens with one attached hydrogen (secondary N) is 1. The van der Waals surface area contributed by atoms with Crippen molar-refractivity contribution in [2.24, 2.45) is 5.92 Å². The van der Waals surface area contributed by atoms with E-state index >= 15 is 0 Å². The van der Waals surface area contributed by atoms with Crippen LogP contribution in [0.5, 0.6) is 0 Å². The van der Waals surface area contributed by atoms with E-state index < -0.39 is 10.2 Å². The molecule has 17 heavy (non-hydrogen) atoms. The Morgan fingerprint density at radius 1 is 1.41 bits per heavy atom. The Morgan fingerprint density at radius 3 is 2.59 bits per heavy atom. The minimum atomic E-state index is -3.32. The average Bonchev–Trinajstić information content (AvgIpc) is 2.27. The van der Waals surface area contributed by atoms with Crippen LogP contribution in [0.2, 0.25) is 0 Å². The van der Waals surface area contributed by atoms with Crippen LogP contribution in [0.4, 0.5) is 0 Å². The van der Waals surface area contributed by atoms with Crippen molar-refractivity contribution in [2.75, 3.05) is 11.9 Å². The number of hydrogen-bond acceptors (Lipinski definition) is 2. The number of rotatable bonds is 5. The SMILES string of the molecule is CC(CBr)C(C)NS(=O)(=O)N1CCCCC1C. The lowest BCUT2D eigenvalue weighted by Gasteiger charge is -2.33. The van der Waals surface area contributed by atoms with Gasteiger partial charge in [-0.1, -0.05) is 29.3 Å². The van der Waals surface area contributed by atoms with E-state index in [-0.39, 0.29) is 18.0 Å². The quantitative estimate of drug-likeness (QED) is 0.787. The van der Waals surface area contributed by atoms with E-state index in [1.165, 1.54) is 0 Å². The second-order valence-corrected chi connectivity index (χ2v) is 7.30. The molecule has 0 aliphatic carbocycles. The molecule has 1 N–H and O–H groups in total. The van der Waals surface area contributed by atoms with E-state index in [2.05, 4.69) is 20.7 Å². The van der Waals surface area contributed by atoms with Crippen molar-refractivity contribution in [1.82, 2.24) is 9.03 Å². The van der Waals surface area contributed by atoms with Gasteiger partial charge in [-0.25, -0.2) is 0 Å². The summed E-state index contributed by atoms with van der Waals surface area (Å²) in [7, 11) is -3.32. The number of nitrogens with zero attached hydrogens (tertiary/aromatic N) is 1. The topological polar surface area (TPSA) is 49.4 Å². The molecule has 0 aromatic heterocycles. The van der Waals surface area contributed by atoms with Crippen molar-refractivity contribution in [3.05, 3.63) is 0 Å². The van der Waals surface area contributed by atoms with Crippen LogP contribution in [-0.2, 0) is 10.2 Å². The van der Waals surface area contributed by atoms with Crippen molar-refractivity contribution in [1.29, 1.82) is 0 Å². The van der Waals surface area contributed by atoms with E-state index in [1.54, 1.807) is 4.31 Å². The first-order valence-electron chi connectivity index (χ1n) is 6.23. The third-order valence-electron chi connectivity index (χ3n) is 3.48. The molecule has 1 aliphatic rings. The number of piperidine rings is 1. The van der Waals surface area contributed by atoms with Crippen LogP contribution in [0.1, 0.15) is 40.0 Å². The molecule has 1 fully saturated rings. The number of alkyl halides is 1. The van der Waals surface area contributed by atoms with E-state index in [0.29, 0.717) is 6.54 Å². The highest BCUT2D eigenvalue weighted by Gasteiger charge is 2.31. The summed E-state index contributed by atoms with van der Waals surface area (Å²) in [6, 6.07) is 0.0706. The van der Waals surface area contributed by atoms with Crippen LogP contribution in [0.15, 0.2) is 0 Å². The summed E-state index contributed by atoms with van der Waals surface area (Å²) in [5.74, 6) is 0.282. The van der Waals surface area contributed by atoms with Gasteiger partial charge in [0.25, 0.3) is 10.2 Å². The molecule has 6 heteroatoms. The van der Waals surface area contributed by atoms with Gasteiger partial charge in [-0.2, -0.15) is 17.4 Å². The van der Waals surface area contributed by atoms with Gasteiger partial charge < -0.3 is 0 Å². The lowest BCUT2D eigenvalue weighted by molar-refractivity contribution is 0.262. The van der Waals surface area contributed by atoms with Crippen molar-refractivity contribution in [3.63, 3.8) is 0 Å². The van der Waals surface area contributed by atoms with Crippen LogP contribution in [0.25, 0.3) is 0 Å². The summed E-state index contributed by atoms with van der Waals surface area (Å²) in [5.41, 5.74) is 0. The molecule has 102 valence electrons. The Morgan fingerprint density at radius 2 is 2.06 bits per heavy atom. The molecule has 4 nitrogen and oxygen atoms in total. The molecular formula is C11H23BrN2O2S. The lowest BCUT2D eigenvalue weighted by atomic mass is 10.1. The molecule has 0 saturated carbocycles. The van der Waals surface area contributed by atoms with Crippen LogP contribution < -0.4 is 4.72 Å². The summed E-state index contributed by atoms with van der Waals surface area (Å²) >= 11 is 3.38. The molecule has 0 radical (unpaired) electrons. The lowest BCUT2D eigenvalue weighted by Crippen LogP contribution is -2.51. The molecule has 1 saturated heterocycles. The maximum absolute atomic E-state index is 12.2. The maximum Gasteiger partial charge on any atom is 0.279 e. The molecule has 0 bridgehead atoms. The van der Waals surface area contributed by atoms with E-state index in [1.807, 2.05) is 20.8 Å². The highest BCUT2D eigenvalue weighted by Crippen LogP contribution is 2.20. The number of hydrogen-bond donors (Lipinski definition) is 1. The minimum Gasteiger partial charge on any atom is -0.199 e.